The van der Waals surface area contributed by atoms with E-state index in [1.807, 2.05) is 0 Å². The second-order valence-corrected chi connectivity index (χ2v) is 29.1. The molecule has 0 unspecified atom stereocenters. The molecule has 0 radical (unpaired) electrons. The van der Waals surface area contributed by atoms with E-state index in [1.165, 1.54) is 0 Å². The van der Waals surface area contributed by atoms with Crippen molar-refractivity contribution >= 4 is 187 Å². The molecule has 0 aliphatic carbocycles. The normalized spacial score (nSPS) is 9.60. The zero-order valence-electron chi connectivity index (χ0n) is 70.5. The van der Waals surface area contributed by atoms with Crippen LogP contribution in [-0.4, -0.2) is 446 Å². The first-order valence-corrected chi connectivity index (χ1v) is 51.0. The maximum absolute atomic E-state index is 8.52. The van der Waals surface area contributed by atoms with Crippen molar-refractivity contribution in [3.63, 3.8) is 0 Å². The largest absolute Gasteiger partial charge is 4.00 e. The molecule has 78 N–H and O–H groups in total. The molecule has 0 aromatic carbocycles. The van der Waals surface area contributed by atoms with E-state index in [2.05, 4.69) is 115 Å². The van der Waals surface area contributed by atoms with Crippen LogP contribution in [0.2, 0.25) is 0 Å². The third kappa shape index (κ3) is 25200. The van der Waals surface area contributed by atoms with Crippen LogP contribution in [0.4, 0.5) is 0 Å². The Morgan fingerprint density at radius 2 is 0.0929 bits per heavy atom. The Labute approximate surface area is 877 Å². The van der Waals surface area contributed by atoms with Gasteiger partial charge in [0.05, 0.1) is 0 Å². The van der Waals surface area contributed by atoms with Crippen molar-refractivity contribution in [3.05, 3.63) is 0 Å². The predicted molar refractivity (Wildman–Crippen MR) is 373 cm³/mol. The first kappa shape index (κ1) is 260. The summed E-state index contributed by atoms with van der Waals surface area (Å²) in [5.74, 6) is 0. The van der Waals surface area contributed by atoms with Gasteiger partial charge in [-0.2, -0.15) is 0 Å². The van der Waals surface area contributed by atoms with Crippen LogP contribution in [0, 0.1) is 0 Å². The molecule has 0 saturated carbocycles. The van der Waals surface area contributed by atoms with Gasteiger partial charge in [-0.15, -0.1) is 0 Å². The monoisotopic (exact) mass is 2820 g/mol. The Morgan fingerprint density at radius 1 is 0.0857 bits per heavy atom. The number of quaternary nitrogens is 20. The number of rotatable bonds is 10. The third-order valence-electron chi connectivity index (χ3n) is 2.50. The fraction of sp³-hybridized carbons (Fsp3) is 1.00. The Kier molecular flexibility index (Phi) is 300. The van der Waals surface area contributed by atoms with Gasteiger partial charge in [0, 0.05) is 187 Å². The summed E-state index contributed by atoms with van der Waals surface area (Å²) in [7, 11) is -93.0. The van der Waals surface area contributed by atoms with Crippen LogP contribution in [0.5, 0.6) is 0 Å². The molecular formula is C20H118N20O78S18Zr4+6. The standard InChI is InChI=1S/10C2H8N2.18H2O4S.6H2O.4Zr/c10*3-1-2-4;18*1-5(2,3)4;;;;;;;;;;/h10*1-4H2;18*(H2,1,2,3,4);6*1H2;;;;/q;;;;;;;;;;;;;;;;;;;;;;;;;;;;;;;;;;4*+4/p-10. The van der Waals surface area contributed by atoms with Gasteiger partial charge in [-0.05, 0) is 0 Å². The maximum atomic E-state index is 8.52. The molecule has 0 aliphatic heterocycles. The summed E-state index contributed by atoms with van der Waals surface area (Å²) < 4.78 is 614. The first-order chi connectivity index (χ1) is 55.1. The van der Waals surface area contributed by atoms with Crippen molar-refractivity contribution in [3.8, 4) is 0 Å². The van der Waals surface area contributed by atoms with E-state index >= 15 is 0 Å². The van der Waals surface area contributed by atoms with Crippen molar-refractivity contribution in [1.82, 2.24) is 0 Å². The van der Waals surface area contributed by atoms with Crippen LogP contribution in [0.15, 0.2) is 0 Å². The predicted octanol–water partition coefficient (Wildman–Crippen LogP) is -54.9. The van der Waals surface area contributed by atoms with Crippen LogP contribution >= 0.6 is 0 Å². The van der Waals surface area contributed by atoms with Gasteiger partial charge in [-0.25, -0.2) is 0 Å². The van der Waals surface area contributed by atoms with E-state index in [1.54, 1.807) is 0 Å². The van der Waals surface area contributed by atoms with Gasteiger partial charge in [-0.1, -0.05) is 0 Å². The van der Waals surface area contributed by atoms with Gasteiger partial charge >= 0.3 is 105 Å². The van der Waals surface area contributed by atoms with Gasteiger partial charge in [0.1, 0.15) is 131 Å². The van der Waals surface area contributed by atoms with Crippen LogP contribution < -0.4 is 115 Å². The van der Waals surface area contributed by atoms with Gasteiger partial charge < -0.3 is 311 Å². The summed E-state index contributed by atoms with van der Waals surface area (Å²) in [5, 5.41) is 0. The van der Waals surface area contributed by atoms with E-state index in [0.29, 0.717) is 0 Å². The van der Waals surface area contributed by atoms with Crippen LogP contribution in [0.25, 0.3) is 0 Å². The topological polar surface area (TPSA) is 2200 Å². The van der Waals surface area contributed by atoms with Crippen molar-refractivity contribution in [1.29, 1.82) is 0 Å². The van der Waals surface area contributed by atoms with Crippen molar-refractivity contribution in [2.45, 2.75) is 0 Å². The molecule has 0 heterocycles. The first-order valence-electron chi connectivity index (χ1n) is 27.0. The summed E-state index contributed by atoms with van der Waals surface area (Å²) in [5.41, 5.74) is 70.8. The molecule has 120 heteroatoms. The van der Waals surface area contributed by atoms with Crippen LogP contribution in [-0.2, 0) is 325 Å². The summed E-state index contributed by atoms with van der Waals surface area (Å²) in [6.07, 6.45) is 0. The fourth-order valence-electron chi connectivity index (χ4n) is 0. The van der Waals surface area contributed by atoms with Crippen molar-refractivity contribution in [2.75, 3.05) is 131 Å². The van der Waals surface area contributed by atoms with Gasteiger partial charge in [-0.3, -0.25) is 152 Å². The Balaban J connectivity index is -0.0000000214. The molecule has 98 nitrogen and oxygen atoms in total. The van der Waals surface area contributed by atoms with E-state index < -0.39 is 187 Å². The molecule has 140 heavy (non-hydrogen) atoms. The summed E-state index contributed by atoms with van der Waals surface area (Å²) >= 11 is 0. The molecule has 0 bridgehead atoms. The van der Waals surface area contributed by atoms with E-state index in [-0.39, 0.29) is 138 Å². The smallest absolute Gasteiger partial charge is 0.759 e. The molecule has 0 amide bonds. The zero-order chi connectivity index (χ0) is 115. The molecule has 884 valence electrons. The van der Waals surface area contributed by atoms with Gasteiger partial charge in [0.25, 0.3) is 0 Å². The molecule has 0 aromatic rings. The summed E-state index contributed by atoms with van der Waals surface area (Å²) in [6, 6.07) is 0. The van der Waals surface area contributed by atoms with Crippen LogP contribution in [0.3, 0.4) is 0 Å². The average molecular weight is 2830 g/mol. The van der Waals surface area contributed by atoms with E-state index in [4.69, 9.17) is 315 Å². The van der Waals surface area contributed by atoms with E-state index in [0.717, 1.165) is 131 Å². The Bertz CT molecular complexity index is 3170. The third-order valence-corrected chi connectivity index (χ3v) is 2.50. The molecule has 0 aliphatic rings. The fourth-order valence-corrected chi connectivity index (χ4v) is 0. The van der Waals surface area contributed by atoms with E-state index in [9.17, 15) is 0 Å². The van der Waals surface area contributed by atoms with Crippen molar-refractivity contribution < 1.29 is 568 Å². The zero-order valence-corrected chi connectivity index (χ0v) is 95.0. The second kappa shape index (κ2) is 162. The number of hydrogen-bond donors (Lipinski definition) is 20. The molecule has 0 fully saturated rings. The molecule has 0 saturated heterocycles. The SMILES string of the molecule is O=S(=O)([O-])[O-].O=S(=O)([O-])[O-].O=S(=O)([O-])[O-].O=S(=O)([O-])[O-].O=S(=O)([O-])[O-].O=S(=O)([O-])[O-].O=S(=O)([O-])[O-].O=S(=O)([O-])[O-].O=S(=O)([O-])[O-].O=S(=O)([O-])[O-].O=S(=O)([O-])[O-].O=S(=O)([O-])[O-].O=S(=O)([O-])[O-].O=S(=O)([O-])[O-].O=S(=O)([O-])[O-].O=S(=O)([O-])[O-].O=S(=O)([O-])[O-].O=S(=O)([O-])[O-].[NH3+]CC[NH3+].[NH3+]CC[NH3+].[NH3+]CC[NH3+].[NH3+]CC[NH3+].[NH3+]CC[NH3+].[NH3+]CC[NH3+].[NH3+]CC[NH3+].[NH3+]CC[NH3+].[NH3+]CC[NH3+].[NH3+]CC[NH3+].[OH3+].[OH3+].[OH3+].[OH3+].[OH3+].[OH3+].[Zr+4].[Zr+4].[Zr+4].[Zr+4]. The molecule has 0 spiro atoms. The Hall–Kier alpha value is 0.152. The number of hydrogen-bond acceptors (Lipinski definition) is 72. The van der Waals surface area contributed by atoms with Crippen LogP contribution in [0.1, 0.15) is 0 Å². The van der Waals surface area contributed by atoms with Gasteiger partial charge in [0.15, 0.2) is 0 Å². The van der Waals surface area contributed by atoms with Gasteiger partial charge in [0.2, 0.25) is 0 Å². The molecule has 0 rings (SSSR count). The molecular weight excluding hydrogens is 2710 g/mol. The average Bonchev–Trinajstić information content (AvgIpc) is 1.27. The minimum absolute atomic E-state index is 0. The summed E-state index contributed by atoms with van der Waals surface area (Å²) in [4.78, 5) is 0. The molecule has 0 aromatic heterocycles. The minimum atomic E-state index is -5.17. The second-order valence-electron chi connectivity index (χ2n) is 14.4. The summed E-state index contributed by atoms with van der Waals surface area (Å²) in [6.45, 7) is 19.2. The molecule has 0 atom stereocenters. The maximum Gasteiger partial charge on any atom is 4.00 e. The quantitative estimate of drug-likeness (QED) is 0.0549. The minimum Gasteiger partial charge on any atom is -0.759 e. The van der Waals surface area contributed by atoms with Crippen molar-refractivity contribution in [2.24, 2.45) is 0 Å². The Morgan fingerprint density at radius 3 is 0.0929 bits per heavy atom.